The Hall–Kier alpha value is -0.730. The van der Waals surface area contributed by atoms with Gasteiger partial charge in [-0.15, -0.1) is 0 Å². The number of benzene rings is 1. The summed E-state index contributed by atoms with van der Waals surface area (Å²) in [5.41, 5.74) is 1.33. The van der Waals surface area contributed by atoms with E-state index in [0.717, 1.165) is 42.1 Å². The van der Waals surface area contributed by atoms with Crippen LogP contribution in [0.15, 0.2) is 18.2 Å². The fourth-order valence-corrected chi connectivity index (χ4v) is 2.72. The number of hydrogen-bond acceptors (Lipinski definition) is 2. The van der Waals surface area contributed by atoms with Gasteiger partial charge >= 0.3 is 0 Å². The molecule has 2 nitrogen and oxygen atoms in total. The minimum absolute atomic E-state index is 0.00763. The number of nitrogens with one attached hydrogen (secondary N) is 1. The first kappa shape index (κ1) is 15.7. The average Bonchev–Trinajstić information content (AvgIpc) is 2.28. The minimum Gasteiger partial charge on any atom is -0.487 e. The van der Waals surface area contributed by atoms with Crippen LogP contribution in [-0.2, 0) is 0 Å². The van der Waals surface area contributed by atoms with Crippen LogP contribution in [0.3, 0.4) is 0 Å². The summed E-state index contributed by atoms with van der Waals surface area (Å²) in [5, 5.41) is 4.29. The second-order valence-corrected chi connectivity index (χ2v) is 7.41. The van der Waals surface area contributed by atoms with Crippen LogP contribution in [0, 0.1) is 6.92 Å². The van der Waals surface area contributed by atoms with Gasteiger partial charge in [-0.25, -0.2) is 0 Å². The van der Waals surface area contributed by atoms with Crippen molar-refractivity contribution in [1.82, 2.24) is 5.32 Å². The van der Waals surface area contributed by atoms with Crippen molar-refractivity contribution in [3.05, 3.63) is 28.8 Å². The molecule has 0 bridgehead atoms. The molecule has 1 aliphatic rings. The van der Waals surface area contributed by atoms with Gasteiger partial charge in [0, 0.05) is 10.6 Å². The highest BCUT2D eigenvalue weighted by Crippen LogP contribution is 2.40. The number of ether oxygens (including phenoxy) is 1. The number of rotatable bonds is 5. The summed E-state index contributed by atoms with van der Waals surface area (Å²) < 4.78 is 6.34. The molecule has 20 heavy (non-hydrogen) atoms. The Morgan fingerprint density at radius 1 is 1.30 bits per heavy atom. The van der Waals surface area contributed by atoms with Gasteiger partial charge in [0.2, 0.25) is 0 Å². The summed E-state index contributed by atoms with van der Waals surface area (Å²) >= 11 is 6.08. The molecule has 1 aromatic rings. The minimum atomic E-state index is 0.00763. The summed E-state index contributed by atoms with van der Waals surface area (Å²) in [4.78, 5) is 0. The maximum atomic E-state index is 6.34. The van der Waals surface area contributed by atoms with Crippen molar-refractivity contribution in [3.63, 3.8) is 0 Å². The second kappa shape index (κ2) is 5.95. The lowest BCUT2D eigenvalue weighted by Crippen LogP contribution is -2.47. The van der Waals surface area contributed by atoms with Crippen molar-refractivity contribution in [2.45, 2.75) is 64.5 Å². The van der Waals surface area contributed by atoms with Crippen LogP contribution in [-0.4, -0.2) is 17.7 Å². The number of aryl methyl sites for hydroxylation is 1. The van der Waals surface area contributed by atoms with E-state index in [1.54, 1.807) is 0 Å². The third-order valence-corrected chi connectivity index (χ3v) is 4.21. The van der Waals surface area contributed by atoms with E-state index in [9.17, 15) is 0 Å². The molecule has 1 fully saturated rings. The Bertz CT molecular complexity index is 461. The topological polar surface area (TPSA) is 21.3 Å². The monoisotopic (exact) mass is 295 g/mol. The normalized spacial score (nSPS) is 17.6. The molecule has 0 unspecified atom stereocenters. The van der Waals surface area contributed by atoms with Crippen molar-refractivity contribution >= 4 is 11.6 Å². The zero-order valence-electron chi connectivity index (χ0n) is 13.1. The van der Waals surface area contributed by atoms with E-state index in [1.807, 2.05) is 18.2 Å². The Morgan fingerprint density at radius 3 is 2.55 bits per heavy atom. The summed E-state index contributed by atoms with van der Waals surface area (Å²) in [6.45, 7) is 9.65. The molecule has 0 radical (unpaired) electrons. The molecule has 112 valence electrons. The average molecular weight is 296 g/mol. The Morgan fingerprint density at radius 2 is 2.00 bits per heavy atom. The Balaban J connectivity index is 1.99. The van der Waals surface area contributed by atoms with Crippen LogP contribution < -0.4 is 10.1 Å². The van der Waals surface area contributed by atoms with Gasteiger partial charge in [-0.05, 0) is 77.6 Å². The highest BCUT2D eigenvalue weighted by molar-refractivity contribution is 6.30. The van der Waals surface area contributed by atoms with Crippen LogP contribution in [0.25, 0.3) is 0 Å². The van der Waals surface area contributed by atoms with Crippen LogP contribution >= 0.6 is 11.6 Å². The van der Waals surface area contributed by atoms with Crippen LogP contribution in [0.2, 0.25) is 5.02 Å². The lowest BCUT2D eigenvalue weighted by molar-refractivity contribution is -0.0157. The van der Waals surface area contributed by atoms with Gasteiger partial charge < -0.3 is 10.1 Å². The fraction of sp³-hybridized carbons (Fsp3) is 0.647. The predicted octanol–water partition coefficient (Wildman–Crippen LogP) is 4.73. The van der Waals surface area contributed by atoms with Crippen LogP contribution in [0.5, 0.6) is 5.75 Å². The lowest BCUT2D eigenvalue weighted by atomic mass is 9.77. The molecule has 3 heteroatoms. The van der Waals surface area contributed by atoms with Crippen molar-refractivity contribution in [3.8, 4) is 5.75 Å². The van der Waals surface area contributed by atoms with Crippen molar-refractivity contribution in [2.24, 2.45) is 0 Å². The van der Waals surface area contributed by atoms with Gasteiger partial charge in [0.15, 0.2) is 0 Å². The molecular weight excluding hydrogens is 270 g/mol. The maximum Gasteiger partial charge on any atom is 0.124 e. The number of hydrogen-bond donors (Lipinski definition) is 1. The van der Waals surface area contributed by atoms with E-state index >= 15 is 0 Å². The van der Waals surface area contributed by atoms with Crippen molar-refractivity contribution < 1.29 is 4.74 Å². The summed E-state index contributed by atoms with van der Waals surface area (Å²) in [7, 11) is 0. The van der Waals surface area contributed by atoms with Crippen molar-refractivity contribution in [1.29, 1.82) is 0 Å². The lowest BCUT2D eigenvalue weighted by Gasteiger charge is -2.43. The number of halogens is 1. The molecule has 0 spiro atoms. The van der Waals surface area contributed by atoms with E-state index in [0.29, 0.717) is 0 Å². The quantitative estimate of drug-likeness (QED) is 0.848. The molecule has 0 aromatic heterocycles. The fourth-order valence-electron chi connectivity index (χ4n) is 2.56. The zero-order chi connectivity index (χ0) is 14.8. The molecule has 1 aliphatic carbocycles. The van der Waals surface area contributed by atoms with Gasteiger partial charge in [-0.3, -0.25) is 0 Å². The molecular formula is C17H26ClNO. The zero-order valence-corrected chi connectivity index (χ0v) is 13.8. The van der Waals surface area contributed by atoms with Gasteiger partial charge in [0.05, 0.1) is 0 Å². The molecule has 1 aromatic carbocycles. The van der Waals surface area contributed by atoms with Gasteiger partial charge in [-0.2, -0.15) is 0 Å². The third kappa shape index (κ3) is 4.13. The summed E-state index contributed by atoms with van der Waals surface area (Å²) in [5.74, 6) is 0.938. The van der Waals surface area contributed by atoms with E-state index in [-0.39, 0.29) is 11.1 Å². The van der Waals surface area contributed by atoms with Gasteiger partial charge in [0.1, 0.15) is 11.4 Å². The van der Waals surface area contributed by atoms with Gasteiger partial charge in [0.25, 0.3) is 0 Å². The highest BCUT2D eigenvalue weighted by Gasteiger charge is 2.39. The van der Waals surface area contributed by atoms with E-state index in [2.05, 4.69) is 33.0 Å². The van der Waals surface area contributed by atoms with Crippen LogP contribution in [0.1, 0.15) is 52.0 Å². The molecule has 0 atom stereocenters. The standard InChI is InChI=1S/C17H26ClNO/c1-13-6-7-14(18)12-15(13)20-17(8-5-9-17)10-11-19-16(2,3)4/h6-7,12,19H,5,8-11H2,1-4H3. The molecule has 0 aliphatic heterocycles. The van der Waals surface area contributed by atoms with Gasteiger partial charge in [-0.1, -0.05) is 17.7 Å². The SMILES string of the molecule is Cc1ccc(Cl)cc1OC1(CCNC(C)(C)C)CCC1. The van der Waals surface area contributed by atoms with Crippen molar-refractivity contribution in [2.75, 3.05) is 6.54 Å². The van der Waals surface area contributed by atoms with E-state index in [4.69, 9.17) is 16.3 Å². The molecule has 2 rings (SSSR count). The third-order valence-electron chi connectivity index (χ3n) is 3.98. The first-order valence-electron chi connectivity index (χ1n) is 7.50. The van der Waals surface area contributed by atoms with Crippen LogP contribution in [0.4, 0.5) is 0 Å². The highest BCUT2D eigenvalue weighted by atomic mass is 35.5. The first-order valence-corrected chi connectivity index (χ1v) is 7.88. The van der Waals surface area contributed by atoms with E-state index in [1.165, 1.54) is 6.42 Å². The summed E-state index contributed by atoms with van der Waals surface area (Å²) in [6.07, 6.45) is 4.60. The second-order valence-electron chi connectivity index (χ2n) is 6.98. The summed E-state index contributed by atoms with van der Waals surface area (Å²) in [6, 6.07) is 5.88. The molecule has 1 saturated carbocycles. The Kier molecular flexibility index (Phi) is 4.66. The molecule has 1 N–H and O–H groups in total. The Labute approximate surface area is 127 Å². The smallest absolute Gasteiger partial charge is 0.124 e. The molecule has 0 heterocycles. The molecule has 0 amide bonds. The molecule has 0 saturated heterocycles. The maximum absolute atomic E-state index is 6.34. The predicted molar refractivity (Wildman–Crippen MR) is 85.8 cm³/mol. The van der Waals surface area contributed by atoms with E-state index < -0.39 is 0 Å². The first-order chi connectivity index (χ1) is 9.30. The largest absolute Gasteiger partial charge is 0.487 e.